The van der Waals surface area contributed by atoms with E-state index >= 15 is 0 Å². The van der Waals surface area contributed by atoms with E-state index in [4.69, 9.17) is 16.1 Å². The van der Waals surface area contributed by atoms with E-state index in [-0.39, 0.29) is 11.3 Å². The first kappa shape index (κ1) is 14.1. The van der Waals surface area contributed by atoms with E-state index in [9.17, 15) is 18.3 Å². The smallest absolute Gasteiger partial charge is 0.404 e. The first-order valence-electron chi connectivity index (χ1n) is 4.65. The van der Waals surface area contributed by atoms with Gasteiger partial charge in [-0.15, -0.1) is 13.2 Å². The predicted molar refractivity (Wildman–Crippen MR) is 54.1 cm³/mol. The lowest BCUT2D eigenvalue weighted by Crippen LogP contribution is -2.19. The van der Waals surface area contributed by atoms with Crippen molar-refractivity contribution >= 4 is 5.69 Å². The van der Waals surface area contributed by atoms with Crippen LogP contribution >= 0.6 is 0 Å². The van der Waals surface area contributed by atoms with Gasteiger partial charge in [-0.1, -0.05) is 6.07 Å². The summed E-state index contributed by atoms with van der Waals surface area (Å²) in [6, 6.07) is 4.43. The number of alkyl halides is 3. The number of benzene rings is 1. The van der Waals surface area contributed by atoms with Crippen molar-refractivity contribution in [2.45, 2.75) is 18.6 Å². The largest absolute Gasteiger partial charge is 0.573 e. The van der Waals surface area contributed by atoms with Crippen LogP contribution in [0, 0.1) is 11.3 Å². The number of halogens is 3. The second-order valence-corrected chi connectivity index (χ2v) is 3.36. The molecule has 0 bridgehead atoms. The number of nitriles is 1. The Labute approximate surface area is 99.8 Å². The highest BCUT2D eigenvalue weighted by Crippen LogP contribution is 2.31. The fraction of sp³-hybridized carbons (Fsp3) is 0.300. The Hall–Kier alpha value is -1.98. The minimum atomic E-state index is -4.93. The van der Waals surface area contributed by atoms with Gasteiger partial charge in [-0.25, -0.2) is 0 Å². The van der Waals surface area contributed by atoms with Crippen LogP contribution < -0.4 is 10.5 Å². The molecule has 0 radical (unpaired) electrons. The summed E-state index contributed by atoms with van der Waals surface area (Å²) in [6.07, 6.45) is -8.33. The summed E-state index contributed by atoms with van der Waals surface area (Å²) in [7, 11) is 0. The maximum absolute atomic E-state index is 12.0. The molecule has 4 N–H and O–H groups in total. The normalized spacial score (nSPS) is 14.7. The molecule has 0 heterocycles. The average Bonchev–Trinajstić information content (AvgIpc) is 2.28. The Kier molecular flexibility index (Phi) is 4.00. The quantitative estimate of drug-likeness (QED) is 0.559. The van der Waals surface area contributed by atoms with E-state index in [0.717, 1.165) is 12.1 Å². The van der Waals surface area contributed by atoms with Crippen LogP contribution in [0.1, 0.15) is 11.7 Å². The number of rotatable bonds is 3. The van der Waals surface area contributed by atoms with Crippen LogP contribution in [0.15, 0.2) is 18.2 Å². The fourth-order valence-corrected chi connectivity index (χ4v) is 1.20. The van der Waals surface area contributed by atoms with E-state index in [0.29, 0.717) is 0 Å². The van der Waals surface area contributed by atoms with Crippen molar-refractivity contribution in [3.8, 4) is 11.8 Å². The van der Waals surface area contributed by atoms with E-state index in [1.165, 1.54) is 12.1 Å². The molecule has 0 amide bonds. The van der Waals surface area contributed by atoms with Gasteiger partial charge in [-0.2, -0.15) is 5.26 Å². The second-order valence-electron chi connectivity index (χ2n) is 3.36. The van der Waals surface area contributed by atoms with Gasteiger partial charge in [-0.05, 0) is 17.7 Å². The van der Waals surface area contributed by atoms with Crippen molar-refractivity contribution < 1.29 is 28.1 Å². The summed E-state index contributed by atoms with van der Waals surface area (Å²) in [4.78, 5) is 0. The Balaban J connectivity index is 3.05. The Bertz CT molecular complexity index is 470. The highest BCUT2D eigenvalue weighted by atomic mass is 19.4. The third kappa shape index (κ3) is 3.51. The van der Waals surface area contributed by atoms with Crippen LogP contribution in [0.4, 0.5) is 18.9 Å². The number of nitrogen functional groups attached to an aromatic ring is 1. The van der Waals surface area contributed by atoms with E-state index in [1.807, 2.05) is 0 Å². The first-order chi connectivity index (χ1) is 8.24. The number of aliphatic hydroxyl groups excluding tert-OH is 2. The number of nitrogens with two attached hydrogens (primary N) is 1. The van der Waals surface area contributed by atoms with Gasteiger partial charge in [0.15, 0.2) is 11.9 Å². The molecule has 1 rings (SSSR count). The molecule has 0 spiro atoms. The molecular formula is C10H9F3N2O3. The van der Waals surface area contributed by atoms with Crippen LogP contribution in [0.25, 0.3) is 0 Å². The molecule has 1 aromatic carbocycles. The van der Waals surface area contributed by atoms with Crippen molar-refractivity contribution in [3.63, 3.8) is 0 Å². The molecule has 0 fully saturated rings. The van der Waals surface area contributed by atoms with Gasteiger partial charge in [0.05, 0.1) is 11.8 Å². The van der Waals surface area contributed by atoms with E-state index < -0.39 is 24.3 Å². The number of anilines is 1. The van der Waals surface area contributed by atoms with Gasteiger partial charge >= 0.3 is 6.36 Å². The van der Waals surface area contributed by atoms with E-state index in [2.05, 4.69) is 4.74 Å². The summed E-state index contributed by atoms with van der Waals surface area (Å²) in [5.41, 5.74) is 4.88. The molecular weight excluding hydrogens is 253 g/mol. The lowest BCUT2D eigenvalue weighted by atomic mass is 10.0. The van der Waals surface area contributed by atoms with Gasteiger partial charge in [-0.3, -0.25) is 0 Å². The molecule has 0 aliphatic carbocycles. The predicted octanol–water partition coefficient (Wildman–Crippen LogP) is 1.09. The third-order valence-electron chi connectivity index (χ3n) is 2.04. The molecule has 0 aliphatic heterocycles. The van der Waals surface area contributed by atoms with Gasteiger partial charge in [0.2, 0.25) is 0 Å². The Morgan fingerprint density at radius 1 is 1.33 bits per heavy atom. The maximum atomic E-state index is 12.0. The molecule has 2 atom stereocenters. The molecule has 1 aromatic rings. The fourth-order valence-electron chi connectivity index (χ4n) is 1.20. The average molecular weight is 262 g/mol. The van der Waals surface area contributed by atoms with Crippen LogP contribution in [-0.2, 0) is 0 Å². The minimum Gasteiger partial charge on any atom is -0.404 e. The van der Waals surface area contributed by atoms with Gasteiger partial charge in [0, 0.05) is 0 Å². The summed E-state index contributed by atoms with van der Waals surface area (Å²) >= 11 is 0. The molecule has 8 heteroatoms. The van der Waals surface area contributed by atoms with Crippen LogP contribution in [0.2, 0.25) is 0 Å². The van der Waals surface area contributed by atoms with Crippen molar-refractivity contribution in [1.82, 2.24) is 0 Å². The topological polar surface area (TPSA) is 99.5 Å². The molecule has 0 saturated carbocycles. The van der Waals surface area contributed by atoms with Crippen LogP contribution in [0.3, 0.4) is 0 Å². The molecule has 0 saturated heterocycles. The molecule has 2 unspecified atom stereocenters. The van der Waals surface area contributed by atoms with Gasteiger partial charge in [0.25, 0.3) is 0 Å². The van der Waals surface area contributed by atoms with E-state index in [1.54, 1.807) is 0 Å². The van der Waals surface area contributed by atoms with Crippen LogP contribution in [-0.4, -0.2) is 22.7 Å². The monoisotopic (exact) mass is 262 g/mol. The molecule has 5 nitrogen and oxygen atoms in total. The summed E-state index contributed by atoms with van der Waals surface area (Å²) in [6.45, 7) is 0. The Morgan fingerprint density at radius 3 is 2.44 bits per heavy atom. The zero-order valence-electron chi connectivity index (χ0n) is 8.85. The van der Waals surface area contributed by atoms with Gasteiger partial charge < -0.3 is 20.7 Å². The summed E-state index contributed by atoms with van der Waals surface area (Å²) in [5, 5.41) is 26.9. The van der Waals surface area contributed by atoms with Crippen LogP contribution in [0.5, 0.6) is 5.75 Å². The molecule has 0 aromatic heterocycles. The second kappa shape index (κ2) is 5.12. The molecule has 0 aliphatic rings. The lowest BCUT2D eigenvalue weighted by Gasteiger charge is -2.16. The number of hydrogen-bond donors (Lipinski definition) is 3. The maximum Gasteiger partial charge on any atom is 0.573 e. The highest BCUT2D eigenvalue weighted by molar-refractivity contribution is 5.54. The summed E-state index contributed by atoms with van der Waals surface area (Å²) < 4.78 is 39.7. The van der Waals surface area contributed by atoms with Gasteiger partial charge in [0.1, 0.15) is 6.10 Å². The minimum absolute atomic E-state index is 0.113. The number of hydrogen-bond acceptors (Lipinski definition) is 5. The number of aliphatic hydroxyl groups is 2. The van der Waals surface area contributed by atoms with Crippen molar-refractivity contribution in [2.24, 2.45) is 0 Å². The lowest BCUT2D eigenvalue weighted by molar-refractivity contribution is -0.274. The zero-order chi connectivity index (χ0) is 13.9. The molecule has 18 heavy (non-hydrogen) atoms. The highest BCUT2D eigenvalue weighted by Gasteiger charge is 2.32. The zero-order valence-corrected chi connectivity index (χ0v) is 8.85. The Morgan fingerprint density at radius 2 is 1.94 bits per heavy atom. The van der Waals surface area contributed by atoms with Crippen molar-refractivity contribution in [2.75, 3.05) is 5.73 Å². The van der Waals surface area contributed by atoms with Crippen molar-refractivity contribution in [1.29, 1.82) is 5.26 Å². The van der Waals surface area contributed by atoms with Crippen molar-refractivity contribution in [3.05, 3.63) is 23.8 Å². The SMILES string of the molecule is N#CC(O)C(O)c1ccc(N)c(OC(F)(F)F)c1. The number of ether oxygens (including phenoxy) is 1. The standard InChI is InChI=1S/C10H9F3N2O3/c11-10(12,13)18-8-3-5(1-2-6(8)15)9(17)7(16)4-14/h1-3,7,9,16-17H,15H2. The number of nitrogens with zero attached hydrogens (tertiary/aromatic N) is 1. The first-order valence-corrected chi connectivity index (χ1v) is 4.65. The molecule has 98 valence electrons. The summed E-state index contributed by atoms with van der Waals surface area (Å²) in [5.74, 6) is -0.704. The third-order valence-corrected chi connectivity index (χ3v) is 2.04.